The topological polar surface area (TPSA) is 96.5 Å². The molecule has 1 unspecified atom stereocenters. The molecule has 0 bridgehead atoms. The van der Waals surface area contributed by atoms with Crippen LogP contribution >= 0.6 is 0 Å². The summed E-state index contributed by atoms with van der Waals surface area (Å²) in [7, 11) is 1.57. The lowest BCUT2D eigenvalue weighted by Crippen LogP contribution is -2.38. The Kier molecular flexibility index (Phi) is 7.53. The Morgan fingerprint density at radius 3 is 2.27 bits per heavy atom. The Morgan fingerprint density at radius 2 is 1.73 bits per heavy atom. The highest BCUT2D eigenvalue weighted by atomic mass is 16.5. The maximum Gasteiger partial charge on any atom is 0.251 e. The van der Waals surface area contributed by atoms with Crippen LogP contribution in [0.4, 0.5) is 5.69 Å². The van der Waals surface area contributed by atoms with Gasteiger partial charge in [-0.15, -0.1) is 0 Å². The van der Waals surface area contributed by atoms with E-state index in [1.807, 2.05) is 24.3 Å². The van der Waals surface area contributed by atoms with E-state index < -0.39 is 6.04 Å². The van der Waals surface area contributed by atoms with E-state index in [0.717, 1.165) is 11.1 Å². The van der Waals surface area contributed by atoms with Crippen molar-refractivity contribution in [1.29, 1.82) is 0 Å². The van der Waals surface area contributed by atoms with Gasteiger partial charge < -0.3 is 20.7 Å². The van der Waals surface area contributed by atoms with E-state index in [9.17, 15) is 14.4 Å². The van der Waals surface area contributed by atoms with Gasteiger partial charge in [0, 0.05) is 25.1 Å². The van der Waals surface area contributed by atoms with Crippen LogP contribution in [-0.4, -0.2) is 31.4 Å². The van der Waals surface area contributed by atoms with Crippen molar-refractivity contribution in [2.24, 2.45) is 0 Å². The van der Waals surface area contributed by atoms with Crippen molar-refractivity contribution in [2.45, 2.75) is 45.1 Å². The fraction of sp³-hybridized carbons (Fsp3) is 0.346. The van der Waals surface area contributed by atoms with Gasteiger partial charge in [0.15, 0.2) is 0 Å². The smallest absolute Gasteiger partial charge is 0.251 e. The Morgan fingerprint density at radius 1 is 1.06 bits per heavy atom. The third kappa shape index (κ3) is 6.68. The van der Waals surface area contributed by atoms with Crippen LogP contribution in [0.15, 0.2) is 60.2 Å². The fourth-order valence-corrected chi connectivity index (χ4v) is 3.51. The van der Waals surface area contributed by atoms with Gasteiger partial charge >= 0.3 is 0 Å². The molecule has 0 saturated carbocycles. The molecule has 0 aromatic heterocycles. The lowest BCUT2D eigenvalue weighted by atomic mass is 9.87. The summed E-state index contributed by atoms with van der Waals surface area (Å²) in [6.45, 7) is 6.72. The molecule has 3 rings (SSSR count). The Hall–Kier alpha value is -3.61. The second kappa shape index (κ2) is 10.3. The number of amides is 3. The van der Waals surface area contributed by atoms with Gasteiger partial charge in [0.25, 0.3) is 5.91 Å². The average molecular weight is 450 g/mol. The van der Waals surface area contributed by atoms with Crippen LogP contribution in [0.5, 0.6) is 5.75 Å². The first-order valence-corrected chi connectivity index (χ1v) is 10.9. The van der Waals surface area contributed by atoms with E-state index in [1.165, 1.54) is 0 Å². The summed E-state index contributed by atoms with van der Waals surface area (Å²) in [6, 6.07) is 13.8. The highest BCUT2D eigenvalue weighted by Crippen LogP contribution is 2.25. The third-order valence-electron chi connectivity index (χ3n) is 5.51. The van der Waals surface area contributed by atoms with Crippen LogP contribution in [-0.2, 0) is 19.8 Å². The number of carbonyl (C=O) groups is 3. The van der Waals surface area contributed by atoms with Crippen LogP contribution in [0.3, 0.4) is 0 Å². The quantitative estimate of drug-likeness (QED) is 0.563. The second-order valence-corrected chi connectivity index (χ2v) is 9.11. The molecule has 3 N–H and O–H groups in total. The van der Waals surface area contributed by atoms with Gasteiger partial charge in [0.05, 0.1) is 7.11 Å². The number of benzene rings is 2. The normalized spacial score (nSPS) is 14.5. The lowest BCUT2D eigenvalue weighted by Gasteiger charge is -2.22. The van der Waals surface area contributed by atoms with Crippen molar-refractivity contribution in [3.63, 3.8) is 0 Å². The molecule has 1 heterocycles. The first-order chi connectivity index (χ1) is 15.7. The van der Waals surface area contributed by atoms with Crippen LogP contribution in [0.2, 0.25) is 0 Å². The average Bonchev–Trinajstić information content (AvgIpc) is 2.79. The summed E-state index contributed by atoms with van der Waals surface area (Å²) < 4.78 is 5.20. The zero-order valence-corrected chi connectivity index (χ0v) is 19.5. The molecular weight excluding hydrogens is 418 g/mol. The molecule has 7 nitrogen and oxygen atoms in total. The van der Waals surface area contributed by atoms with Crippen molar-refractivity contribution in [3.05, 3.63) is 71.3 Å². The molecule has 0 spiro atoms. The SMILES string of the molecule is COc1ccc(C(NC(=O)CC2=CCC(=O)NC2)C(=O)Nc2ccc(C(C)(C)C)cc2)cc1. The van der Waals surface area contributed by atoms with E-state index in [1.54, 1.807) is 37.5 Å². The minimum absolute atomic E-state index is 0.00934. The number of carbonyl (C=O) groups excluding carboxylic acids is 3. The van der Waals surface area contributed by atoms with E-state index in [2.05, 4.69) is 36.7 Å². The van der Waals surface area contributed by atoms with E-state index in [-0.39, 0.29) is 36.0 Å². The molecule has 0 aliphatic carbocycles. The molecule has 0 fully saturated rings. The van der Waals surface area contributed by atoms with Crippen LogP contribution in [0.1, 0.15) is 50.8 Å². The van der Waals surface area contributed by atoms with Crippen LogP contribution < -0.4 is 20.7 Å². The van der Waals surface area contributed by atoms with E-state index in [4.69, 9.17) is 4.74 Å². The first kappa shape index (κ1) is 24.0. The minimum atomic E-state index is -0.885. The van der Waals surface area contributed by atoms with Gasteiger partial charge in [0.2, 0.25) is 11.8 Å². The molecule has 174 valence electrons. The number of anilines is 1. The van der Waals surface area contributed by atoms with Gasteiger partial charge in [-0.3, -0.25) is 14.4 Å². The van der Waals surface area contributed by atoms with Crippen molar-refractivity contribution in [1.82, 2.24) is 10.6 Å². The van der Waals surface area contributed by atoms with E-state index >= 15 is 0 Å². The van der Waals surface area contributed by atoms with Gasteiger partial charge in [-0.05, 0) is 46.4 Å². The van der Waals surface area contributed by atoms with Crippen LogP contribution in [0, 0.1) is 0 Å². The zero-order valence-electron chi connectivity index (χ0n) is 19.5. The zero-order chi connectivity index (χ0) is 24.0. The maximum atomic E-state index is 13.2. The highest BCUT2D eigenvalue weighted by Gasteiger charge is 2.24. The number of hydrogen-bond acceptors (Lipinski definition) is 4. The summed E-state index contributed by atoms with van der Waals surface area (Å²) in [5.74, 6) is -0.0448. The Balaban J connectivity index is 1.76. The molecule has 0 saturated heterocycles. The Bertz CT molecular complexity index is 1030. The standard InChI is InChI=1S/C26H31N3O4/c1-26(2,3)19-8-10-20(11-9-19)28-25(32)24(18-6-12-21(33-4)13-7-18)29-23(31)15-17-5-14-22(30)27-16-17/h5-13,24H,14-16H2,1-4H3,(H,27,30)(H,28,32)(H,29,31). The summed E-state index contributed by atoms with van der Waals surface area (Å²) in [4.78, 5) is 37.3. The summed E-state index contributed by atoms with van der Waals surface area (Å²) in [5, 5.41) is 8.47. The molecule has 1 aliphatic rings. The number of nitrogens with one attached hydrogen (secondary N) is 3. The molecular formula is C26H31N3O4. The van der Waals surface area contributed by atoms with Gasteiger partial charge in [-0.1, -0.05) is 51.1 Å². The van der Waals surface area contributed by atoms with Gasteiger partial charge in [-0.2, -0.15) is 0 Å². The fourth-order valence-electron chi connectivity index (χ4n) is 3.51. The molecule has 1 atom stereocenters. The predicted molar refractivity (Wildman–Crippen MR) is 128 cm³/mol. The molecule has 2 aromatic rings. The van der Waals surface area contributed by atoms with E-state index in [0.29, 0.717) is 23.5 Å². The van der Waals surface area contributed by atoms with Crippen molar-refractivity contribution in [3.8, 4) is 5.75 Å². The number of hydrogen-bond donors (Lipinski definition) is 3. The second-order valence-electron chi connectivity index (χ2n) is 9.11. The summed E-state index contributed by atoms with van der Waals surface area (Å²) >= 11 is 0. The number of ether oxygens (including phenoxy) is 1. The monoisotopic (exact) mass is 449 g/mol. The largest absolute Gasteiger partial charge is 0.497 e. The number of rotatable bonds is 7. The molecule has 2 aromatic carbocycles. The van der Waals surface area contributed by atoms with Crippen molar-refractivity contribution < 1.29 is 19.1 Å². The van der Waals surface area contributed by atoms with Crippen molar-refractivity contribution >= 4 is 23.4 Å². The van der Waals surface area contributed by atoms with Gasteiger partial charge in [-0.25, -0.2) is 0 Å². The Labute approximate surface area is 194 Å². The molecule has 0 radical (unpaired) electrons. The van der Waals surface area contributed by atoms with Crippen molar-refractivity contribution in [2.75, 3.05) is 19.0 Å². The summed E-state index contributed by atoms with van der Waals surface area (Å²) in [6.07, 6.45) is 2.13. The molecule has 3 amide bonds. The van der Waals surface area contributed by atoms with Gasteiger partial charge in [0.1, 0.15) is 11.8 Å². The maximum absolute atomic E-state index is 13.2. The first-order valence-electron chi connectivity index (χ1n) is 10.9. The molecule has 33 heavy (non-hydrogen) atoms. The predicted octanol–water partition coefficient (Wildman–Crippen LogP) is 3.63. The lowest BCUT2D eigenvalue weighted by molar-refractivity contribution is -0.126. The highest BCUT2D eigenvalue weighted by molar-refractivity contribution is 5.98. The molecule has 1 aliphatic heterocycles. The third-order valence-corrected chi connectivity index (χ3v) is 5.51. The summed E-state index contributed by atoms with van der Waals surface area (Å²) in [5.41, 5.74) is 3.28. The minimum Gasteiger partial charge on any atom is -0.497 e. The molecule has 7 heteroatoms. The number of methoxy groups -OCH3 is 1. The van der Waals surface area contributed by atoms with Crippen LogP contribution in [0.25, 0.3) is 0 Å².